The van der Waals surface area contributed by atoms with Gasteiger partial charge in [-0.3, -0.25) is 0 Å². The molecule has 6 heteroatoms. The zero-order valence-corrected chi connectivity index (χ0v) is 13.3. The molecule has 0 saturated heterocycles. The van der Waals surface area contributed by atoms with Crippen molar-refractivity contribution >= 4 is 21.6 Å². The maximum atomic E-state index is 6.04. The number of para-hydroxylation sites is 1. The SMILES string of the molecule is Cc1cc(Br)cc(C)c1-n1nnnc1-c1ccccc1N. The molecule has 2 aromatic carbocycles. The Morgan fingerprint density at radius 2 is 1.76 bits per heavy atom. The number of hydrogen-bond acceptors (Lipinski definition) is 4. The lowest BCUT2D eigenvalue weighted by atomic mass is 10.1. The zero-order chi connectivity index (χ0) is 15.0. The van der Waals surface area contributed by atoms with Crippen LogP contribution in [-0.2, 0) is 0 Å². The van der Waals surface area contributed by atoms with Crippen molar-refractivity contribution in [2.45, 2.75) is 13.8 Å². The average molecular weight is 344 g/mol. The maximum Gasteiger partial charge on any atom is 0.189 e. The molecule has 0 fully saturated rings. The first kappa shape index (κ1) is 13.8. The first-order chi connectivity index (χ1) is 10.1. The molecular weight excluding hydrogens is 330 g/mol. The molecule has 5 nitrogen and oxygen atoms in total. The predicted molar refractivity (Wildman–Crippen MR) is 86.2 cm³/mol. The van der Waals surface area contributed by atoms with Crippen molar-refractivity contribution in [2.24, 2.45) is 0 Å². The van der Waals surface area contributed by atoms with E-state index in [1.165, 1.54) is 0 Å². The largest absolute Gasteiger partial charge is 0.398 e. The maximum absolute atomic E-state index is 6.04. The van der Waals surface area contributed by atoms with Gasteiger partial charge in [-0.05, 0) is 59.7 Å². The smallest absolute Gasteiger partial charge is 0.189 e. The predicted octanol–water partition coefficient (Wildman–Crippen LogP) is 3.29. The first-order valence-corrected chi connectivity index (χ1v) is 7.27. The third-order valence-corrected chi connectivity index (χ3v) is 3.80. The van der Waals surface area contributed by atoms with E-state index in [4.69, 9.17) is 5.73 Å². The Balaban J connectivity index is 2.24. The van der Waals surface area contributed by atoms with Crippen molar-refractivity contribution < 1.29 is 0 Å². The number of aryl methyl sites for hydroxylation is 2. The van der Waals surface area contributed by atoms with Crippen LogP contribution in [0.15, 0.2) is 40.9 Å². The molecule has 21 heavy (non-hydrogen) atoms. The number of halogens is 1. The van der Waals surface area contributed by atoms with Crippen molar-refractivity contribution in [3.05, 3.63) is 52.0 Å². The van der Waals surface area contributed by atoms with Gasteiger partial charge in [0.1, 0.15) is 0 Å². The molecule has 0 bridgehead atoms. The van der Waals surface area contributed by atoms with Gasteiger partial charge in [0.25, 0.3) is 0 Å². The van der Waals surface area contributed by atoms with E-state index < -0.39 is 0 Å². The minimum Gasteiger partial charge on any atom is -0.398 e. The topological polar surface area (TPSA) is 69.6 Å². The van der Waals surface area contributed by atoms with E-state index in [1.807, 2.05) is 50.2 Å². The third-order valence-electron chi connectivity index (χ3n) is 3.34. The van der Waals surface area contributed by atoms with Crippen LogP contribution >= 0.6 is 15.9 Å². The molecule has 0 saturated carbocycles. The van der Waals surface area contributed by atoms with Crippen molar-refractivity contribution in [1.29, 1.82) is 0 Å². The molecule has 3 rings (SSSR count). The number of benzene rings is 2. The molecule has 1 aromatic heterocycles. The minimum atomic E-state index is 0.640. The molecule has 0 aliphatic carbocycles. The second-order valence-corrected chi connectivity index (χ2v) is 5.81. The molecular formula is C15H14BrN5. The van der Waals surface area contributed by atoms with Crippen LogP contribution in [0, 0.1) is 13.8 Å². The third kappa shape index (κ3) is 2.42. The van der Waals surface area contributed by atoms with Crippen LogP contribution in [0.3, 0.4) is 0 Å². The summed E-state index contributed by atoms with van der Waals surface area (Å²) in [4.78, 5) is 0. The summed E-state index contributed by atoms with van der Waals surface area (Å²) in [7, 11) is 0. The molecule has 106 valence electrons. The highest BCUT2D eigenvalue weighted by Crippen LogP contribution is 2.29. The van der Waals surface area contributed by atoms with Crippen LogP contribution in [0.4, 0.5) is 5.69 Å². The Morgan fingerprint density at radius 3 is 2.43 bits per heavy atom. The van der Waals surface area contributed by atoms with Gasteiger partial charge in [0, 0.05) is 15.7 Å². The molecule has 0 atom stereocenters. The minimum absolute atomic E-state index is 0.640. The summed E-state index contributed by atoms with van der Waals surface area (Å²) in [5.41, 5.74) is 10.7. The summed E-state index contributed by atoms with van der Waals surface area (Å²) < 4.78 is 2.78. The molecule has 3 aromatic rings. The van der Waals surface area contributed by atoms with Crippen LogP contribution in [-0.4, -0.2) is 20.2 Å². The van der Waals surface area contributed by atoms with Crippen LogP contribution in [0.25, 0.3) is 17.1 Å². The highest BCUT2D eigenvalue weighted by molar-refractivity contribution is 9.10. The summed E-state index contributed by atoms with van der Waals surface area (Å²) in [6.45, 7) is 4.07. The van der Waals surface area contributed by atoms with Gasteiger partial charge in [-0.1, -0.05) is 28.1 Å². The van der Waals surface area contributed by atoms with Gasteiger partial charge >= 0.3 is 0 Å². The highest BCUT2D eigenvalue weighted by atomic mass is 79.9. The fourth-order valence-corrected chi connectivity index (χ4v) is 3.13. The van der Waals surface area contributed by atoms with Crippen LogP contribution in [0.1, 0.15) is 11.1 Å². The standard InChI is InChI=1S/C15H14BrN5/c1-9-7-11(16)8-10(2)14(9)21-15(18-19-20-21)12-5-3-4-6-13(12)17/h3-8H,17H2,1-2H3. The number of nitrogens with zero attached hydrogens (tertiary/aromatic N) is 4. The van der Waals surface area contributed by atoms with Gasteiger partial charge < -0.3 is 5.73 Å². The number of tetrazole rings is 1. The van der Waals surface area contributed by atoms with Gasteiger partial charge in [0.2, 0.25) is 0 Å². The Kier molecular flexibility index (Phi) is 3.47. The zero-order valence-electron chi connectivity index (χ0n) is 11.7. The lowest BCUT2D eigenvalue weighted by Gasteiger charge is -2.12. The van der Waals surface area contributed by atoms with Crippen molar-refractivity contribution in [3.8, 4) is 17.1 Å². The second kappa shape index (κ2) is 5.29. The average Bonchev–Trinajstić information content (AvgIpc) is 2.87. The van der Waals surface area contributed by atoms with Crippen LogP contribution in [0.5, 0.6) is 0 Å². The Hall–Kier alpha value is -2.21. The number of rotatable bonds is 2. The number of aromatic nitrogens is 4. The molecule has 0 aliphatic heterocycles. The molecule has 0 aliphatic rings. The van der Waals surface area contributed by atoms with E-state index in [9.17, 15) is 0 Å². The van der Waals surface area contributed by atoms with Crippen molar-refractivity contribution in [3.63, 3.8) is 0 Å². The molecule has 0 radical (unpaired) electrons. The monoisotopic (exact) mass is 343 g/mol. The summed E-state index contributed by atoms with van der Waals surface area (Å²) in [5, 5.41) is 12.1. The normalized spacial score (nSPS) is 10.8. The van der Waals surface area contributed by atoms with E-state index in [0.29, 0.717) is 11.5 Å². The fraction of sp³-hybridized carbons (Fsp3) is 0.133. The number of hydrogen-bond donors (Lipinski definition) is 1. The molecule has 0 unspecified atom stereocenters. The van der Waals surface area contributed by atoms with Crippen molar-refractivity contribution in [1.82, 2.24) is 20.2 Å². The van der Waals surface area contributed by atoms with Gasteiger partial charge in [-0.2, -0.15) is 4.68 Å². The van der Waals surface area contributed by atoms with E-state index in [-0.39, 0.29) is 0 Å². The van der Waals surface area contributed by atoms with Gasteiger partial charge in [-0.15, -0.1) is 5.10 Å². The fourth-order valence-electron chi connectivity index (χ4n) is 2.44. The van der Waals surface area contributed by atoms with E-state index in [1.54, 1.807) is 4.68 Å². The van der Waals surface area contributed by atoms with E-state index in [0.717, 1.165) is 26.9 Å². The van der Waals surface area contributed by atoms with Crippen LogP contribution in [0.2, 0.25) is 0 Å². The Morgan fingerprint density at radius 1 is 1.10 bits per heavy atom. The van der Waals surface area contributed by atoms with Crippen LogP contribution < -0.4 is 5.73 Å². The Labute approximate surface area is 130 Å². The second-order valence-electron chi connectivity index (χ2n) is 4.89. The molecule has 1 heterocycles. The number of nitrogen functional groups attached to an aromatic ring is 1. The summed E-state index contributed by atoms with van der Waals surface area (Å²) in [5.74, 6) is 0.640. The van der Waals surface area contributed by atoms with Crippen molar-refractivity contribution in [2.75, 3.05) is 5.73 Å². The van der Waals surface area contributed by atoms with Gasteiger partial charge in [-0.25, -0.2) is 0 Å². The molecule has 0 spiro atoms. The summed E-state index contributed by atoms with van der Waals surface area (Å²) in [6.07, 6.45) is 0. The lowest BCUT2D eigenvalue weighted by Crippen LogP contribution is -2.05. The van der Waals surface area contributed by atoms with Gasteiger partial charge in [0.05, 0.1) is 5.69 Å². The summed E-state index contributed by atoms with van der Waals surface area (Å²) >= 11 is 3.50. The quantitative estimate of drug-likeness (QED) is 0.725. The first-order valence-electron chi connectivity index (χ1n) is 6.48. The van der Waals surface area contributed by atoms with E-state index in [2.05, 4.69) is 31.5 Å². The number of nitrogens with two attached hydrogens (primary N) is 1. The van der Waals surface area contributed by atoms with E-state index >= 15 is 0 Å². The highest BCUT2D eigenvalue weighted by Gasteiger charge is 2.16. The lowest BCUT2D eigenvalue weighted by molar-refractivity contribution is 0.783. The molecule has 2 N–H and O–H groups in total. The summed E-state index contributed by atoms with van der Waals surface area (Å²) in [6, 6.07) is 11.7. The van der Waals surface area contributed by atoms with Gasteiger partial charge in [0.15, 0.2) is 5.82 Å². The number of anilines is 1. The molecule has 0 amide bonds. The Bertz CT molecular complexity index is 786.